The minimum atomic E-state index is -0.106. The van der Waals surface area contributed by atoms with E-state index < -0.39 is 0 Å². The average Bonchev–Trinajstić information content (AvgIpc) is 2.79. The van der Waals surface area contributed by atoms with Crippen LogP contribution in [0.25, 0.3) is 0 Å². The van der Waals surface area contributed by atoms with Gasteiger partial charge in [-0.2, -0.15) is 0 Å². The van der Waals surface area contributed by atoms with Crippen molar-refractivity contribution in [2.75, 3.05) is 24.8 Å². The van der Waals surface area contributed by atoms with Gasteiger partial charge in [-0.3, -0.25) is 4.79 Å². The Balaban J connectivity index is 2.06. The molecule has 1 aliphatic heterocycles. The fraction of sp³-hybridized carbons (Fsp3) is 0.462. The number of benzene rings is 1. The molecule has 98 valence electrons. The summed E-state index contributed by atoms with van der Waals surface area (Å²) in [4.78, 5) is 12.0. The van der Waals surface area contributed by atoms with Crippen LogP contribution >= 0.6 is 0 Å². The van der Waals surface area contributed by atoms with Crippen LogP contribution in [0.2, 0.25) is 0 Å². The van der Waals surface area contributed by atoms with Gasteiger partial charge in [0.2, 0.25) is 5.91 Å². The third-order valence-corrected chi connectivity index (χ3v) is 3.09. The van der Waals surface area contributed by atoms with Crippen LogP contribution < -0.4 is 15.8 Å². The molecule has 1 heterocycles. The number of hydrogen-bond acceptors (Lipinski definition) is 4. The molecule has 0 radical (unpaired) electrons. The third-order valence-electron chi connectivity index (χ3n) is 3.09. The van der Waals surface area contributed by atoms with Gasteiger partial charge < -0.3 is 20.5 Å². The standard InChI is InChI=1S/C13H18N2O3/c1-8-5-9(7-18-8)13(16)15-12-6-10(17-2)3-4-11(12)14/h3-4,6,8-9H,5,7,14H2,1-2H3,(H,15,16). The fourth-order valence-electron chi connectivity index (χ4n) is 2.01. The first-order valence-corrected chi connectivity index (χ1v) is 5.96. The number of ether oxygens (including phenoxy) is 2. The van der Waals surface area contributed by atoms with Gasteiger partial charge in [-0.05, 0) is 25.5 Å². The summed E-state index contributed by atoms with van der Waals surface area (Å²) in [5.41, 5.74) is 6.92. The van der Waals surface area contributed by atoms with Crippen LogP contribution in [-0.4, -0.2) is 25.7 Å². The van der Waals surface area contributed by atoms with E-state index in [9.17, 15) is 4.79 Å². The van der Waals surface area contributed by atoms with Crippen LogP contribution in [0, 0.1) is 5.92 Å². The second-order valence-electron chi connectivity index (χ2n) is 4.52. The molecule has 2 unspecified atom stereocenters. The average molecular weight is 250 g/mol. The van der Waals surface area contributed by atoms with Crippen molar-refractivity contribution in [3.63, 3.8) is 0 Å². The zero-order valence-corrected chi connectivity index (χ0v) is 10.6. The van der Waals surface area contributed by atoms with Gasteiger partial charge in [-0.15, -0.1) is 0 Å². The van der Waals surface area contributed by atoms with Crippen molar-refractivity contribution in [1.29, 1.82) is 0 Å². The van der Waals surface area contributed by atoms with Crippen LogP contribution in [0.4, 0.5) is 11.4 Å². The minimum Gasteiger partial charge on any atom is -0.497 e. The number of rotatable bonds is 3. The second kappa shape index (κ2) is 5.27. The summed E-state index contributed by atoms with van der Waals surface area (Å²) >= 11 is 0. The van der Waals surface area contributed by atoms with Gasteiger partial charge >= 0.3 is 0 Å². The fourth-order valence-corrected chi connectivity index (χ4v) is 2.01. The molecule has 1 aromatic carbocycles. The number of amides is 1. The number of nitrogens with one attached hydrogen (secondary N) is 1. The van der Waals surface area contributed by atoms with E-state index in [1.807, 2.05) is 6.92 Å². The highest BCUT2D eigenvalue weighted by Crippen LogP contribution is 2.26. The lowest BCUT2D eigenvalue weighted by Crippen LogP contribution is -2.23. The van der Waals surface area contributed by atoms with Gasteiger partial charge in [0.25, 0.3) is 0 Å². The van der Waals surface area contributed by atoms with Crippen molar-refractivity contribution in [3.05, 3.63) is 18.2 Å². The molecule has 0 saturated carbocycles. The summed E-state index contributed by atoms with van der Waals surface area (Å²) in [5.74, 6) is 0.500. The lowest BCUT2D eigenvalue weighted by Gasteiger charge is -2.12. The lowest BCUT2D eigenvalue weighted by molar-refractivity contribution is -0.119. The predicted octanol–water partition coefficient (Wildman–Crippen LogP) is 1.64. The quantitative estimate of drug-likeness (QED) is 0.800. The van der Waals surface area contributed by atoms with E-state index in [-0.39, 0.29) is 17.9 Å². The normalized spacial score (nSPS) is 22.8. The molecule has 1 aliphatic rings. The van der Waals surface area contributed by atoms with Gasteiger partial charge in [-0.25, -0.2) is 0 Å². The molecule has 0 spiro atoms. The Morgan fingerprint density at radius 1 is 1.56 bits per heavy atom. The summed E-state index contributed by atoms with van der Waals surface area (Å²) in [6.45, 7) is 2.43. The van der Waals surface area contributed by atoms with Crippen LogP contribution in [0.5, 0.6) is 5.75 Å². The topological polar surface area (TPSA) is 73.6 Å². The van der Waals surface area contributed by atoms with Crippen LogP contribution in [-0.2, 0) is 9.53 Å². The number of nitrogen functional groups attached to an aromatic ring is 1. The Hall–Kier alpha value is -1.75. The highest BCUT2D eigenvalue weighted by molar-refractivity contribution is 5.95. The van der Waals surface area contributed by atoms with Gasteiger partial charge in [0.05, 0.1) is 37.1 Å². The predicted molar refractivity (Wildman–Crippen MR) is 69.6 cm³/mol. The van der Waals surface area contributed by atoms with Crippen LogP contribution in [0.15, 0.2) is 18.2 Å². The van der Waals surface area contributed by atoms with Crippen LogP contribution in [0.1, 0.15) is 13.3 Å². The van der Waals surface area contributed by atoms with E-state index in [4.69, 9.17) is 15.2 Å². The van der Waals surface area contributed by atoms with Crippen molar-refractivity contribution in [1.82, 2.24) is 0 Å². The zero-order chi connectivity index (χ0) is 13.1. The minimum absolute atomic E-state index is 0.0562. The Kier molecular flexibility index (Phi) is 3.72. The van der Waals surface area contributed by atoms with E-state index in [2.05, 4.69) is 5.32 Å². The van der Waals surface area contributed by atoms with Crippen molar-refractivity contribution in [3.8, 4) is 5.75 Å². The van der Waals surface area contributed by atoms with E-state index in [0.29, 0.717) is 23.7 Å². The summed E-state index contributed by atoms with van der Waals surface area (Å²) in [5, 5.41) is 2.82. The molecule has 2 rings (SSSR count). The van der Waals surface area contributed by atoms with E-state index in [0.717, 1.165) is 6.42 Å². The lowest BCUT2D eigenvalue weighted by atomic mass is 10.1. The number of anilines is 2. The van der Waals surface area contributed by atoms with Crippen LogP contribution in [0.3, 0.4) is 0 Å². The van der Waals surface area contributed by atoms with Gasteiger partial charge in [0.1, 0.15) is 5.75 Å². The molecular formula is C13H18N2O3. The van der Waals surface area contributed by atoms with Gasteiger partial charge in [0.15, 0.2) is 0 Å². The maximum Gasteiger partial charge on any atom is 0.229 e. The Morgan fingerprint density at radius 2 is 2.33 bits per heavy atom. The molecule has 18 heavy (non-hydrogen) atoms. The number of carbonyl (C=O) groups is 1. The molecule has 1 amide bonds. The summed E-state index contributed by atoms with van der Waals surface area (Å²) < 4.78 is 10.5. The first-order valence-electron chi connectivity index (χ1n) is 5.96. The SMILES string of the molecule is COc1ccc(N)c(NC(=O)C2COC(C)C2)c1. The van der Waals surface area contributed by atoms with Gasteiger partial charge in [-0.1, -0.05) is 0 Å². The molecule has 5 nitrogen and oxygen atoms in total. The van der Waals surface area contributed by atoms with Crippen molar-refractivity contribution < 1.29 is 14.3 Å². The number of carbonyl (C=O) groups excluding carboxylic acids is 1. The first-order chi connectivity index (χ1) is 8.60. The molecule has 1 saturated heterocycles. The summed E-state index contributed by atoms with van der Waals surface area (Å²) in [7, 11) is 1.57. The number of hydrogen-bond donors (Lipinski definition) is 2. The number of nitrogens with two attached hydrogens (primary N) is 1. The maximum atomic E-state index is 12.0. The molecule has 3 N–H and O–H groups in total. The first kappa shape index (κ1) is 12.7. The Labute approximate surface area is 106 Å². The monoisotopic (exact) mass is 250 g/mol. The molecule has 5 heteroatoms. The van der Waals surface area contributed by atoms with Crippen molar-refractivity contribution in [2.45, 2.75) is 19.4 Å². The van der Waals surface area contributed by atoms with E-state index in [1.54, 1.807) is 25.3 Å². The molecule has 1 fully saturated rings. The number of methoxy groups -OCH3 is 1. The molecule has 0 aromatic heterocycles. The smallest absolute Gasteiger partial charge is 0.229 e. The molecule has 2 atom stereocenters. The third kappa shape index (κ3) is 2.73. The highest BCUT2D eigenvalue weighted by Gasteiger charge is 2.28. The van der Waals surface area contributed by atoms with E-state index in [1.165, 1.54) is 0 Å². The summed E-state index contributed by atoms with van der Waals surface area (Å²) in [6.07, 6.45) is 0.888. The largest absolute Gasteiger partial charge is 0.497 e. The summed E-state index contributed by atoms with van der Waals surface area (Å²) in [6, 6.07) is 5.18. The zero-order valence-electron chi connectivity index (χ0n) is 10.6. The van der Waals surface area contributed by atoms with E-state index >= 15 is 0 Å². The van der Waals surface area contributed by atoms with Crippen molar-refractivity contribution in [2.24, 2.45) is 5.92 Å². The molecule has 0 aliphatic carbocycles. The van der Waals surface area contributed by atoms with Crippen molar-refractivity contribution >= 4 is 17.3 Å². The highest BCUT2D eigenvalue weighted by atomic mass is 16.5. The Bertz CT molecular complexity index is 448. The second-order valence-corrected chi connectivity index (χ2v) is 4.52. The maximum absolute atomic E-state index is 12.0. The molecule has 0 bridgehead atoms. The Morgan fingerprint density at radius 3 is 2.94 bits per heavy atom. The molecular weight excluding hydrogens is 232 g/mol. The van der Waals surface area contributed by atoms with Gasteiger partial charge in [0, 0.05) is 6.07 Å². The molecule has 1 aromatic rings.